The van der Waals surface area contributed by atoms with Gasteiger partial charge in [0.15, 0.2) is 0 Å². The Bertz CT molecular complexity index is 1350. The smallest absolute Gasteiger partial charge is 0.264 e. The van der Waals surface area contributed by atoms with E-state index in [1.165, 1.54) is 17.4 Å². The lowest BCUT2D eigenvalue weighted by atomic mass is 10.2. The molecule has 2 aromatic carbocycles. The van der Waals surface area contributed by atoms with E-state index in [4.69, 9.17) is 16.0 Å². The van der Waals surface area contributed by atoms with Crippen molar-refractivity contribution in [3.63, 3.8) is 0 Å². The summed E-state index contributed by atoms with van der Waals surface area (Å²) in [5, 5.41) is 5.46. The van der Waals surface area contributed by atoms with Crippen LogP contribution in [0.3, 0.4) is 0 Å². The number of carbonyl (C=O) groups is 2. The Hall–Kier alpha value is -3.81. The third-order valence-corrected chi connectivity index (χ3v) is 7.06. The van der Waals surface area contributed by atoms with Gasteiger partial charge in [0.05, 0.1) is 4.88 Å². The average Bonchev–Trinajstić information content (AvgIpc) is 3.61. The van der Waals surface area contributed by atoms with Crippen molar-refractivity contribution in [3.8, 4) is 11.3 Å². The molecular formula is C28H24ClN3O3S. The van der Waals surface area contributed by atoms with Crippen molar-refractivity contribution in [2.45, 2.75) is 0 Å². The van der Waals surface area contributed by atoms with Gasteiger partial charge in [-0.25, -0.2) is 0 Å². The van der Waals surface area contributed by atoms with Crippen molar-refractivity contribution in [1.82, 2.24) is 4.90 Å². The number of halogens is 1. The van der Waals surface area contributed by atoms with Crippen molar-refractivity contribution in [2.24, 2.45) is 0 Å². The van der Waals surface area contributed by atoms with Crippen molar-refractivity contribution >= 4 is 52.2 Å². The van der Waals surface area contributed by atoms with Gasteiger partial charge in [-0.15, -0.1) is 11.3 Å². The van der Waals surface area contributed by atoms with E-state index in [1.807, 2.05) is 70.9 Å². The molecule has 0 unspecified atom stereocenters. The number of amides is 2. The van der Waals surface area contributed by atoms with Crippen LogP contribution in [0.25, 0.3) is 17.4 Å². The SMILES string of the molecule is O=C(C=Cc1ccc(-c2ccc(Cl)cc2)o1)Nc1ccc(N2CCN(C(=O)c3cccs3)CC2)cc1. The quantitative estimate of drug-likeness (QED) is 0.306. The second-order valence-electron chi connectivity index (χ2n) is 8.33. The summed E-state index contributed by atoms with van der Waals surface area (Å²) in [6.07, 6.45) is 3.09. The molecule has 2 amide bonds. The lowest BCUT2D eigenvalue weighted by Crippen LogP contribution is -2.48. The van der Waals surface area contributed by atoms with E-state index >= 15 is 0 Å². The summed E-state index contributed by atoms with van der Waals surface area (Å²) < 4.78 is 5.80. The number of carbonyl (C=O) groups excluding carboxylic acids is 2. The van der Waals surface area contributed by atoms with Crippen LogP contribution in [-0.4, -0.2) is 42.9 Å². The zero-order valence-corrected chi connectivity index (χ0v) is 21.0. The lowest BCUT2D eigenvalue weighted by molar-refractivity contribution is -0.111. The Morgan fingerprint density at radius 3 is 2.36 bits per heavy atom. The molecule has 5 rings (SSSR count). The van der Waals surface area contributed by atoms with Gasteiger partial charge < -0.3 is 19.5 Å². The van der Waals surface area contributed by atoms with Crippen molar-refractivity contribution in [3.05, 3.63) is 99.9 Å². The third-order valence-electron chi connectivity index (χ3n) is 5.95. The lowest BCUT2D eigenvalue weighted by Gasteiger charge is -2.36. The first kappa shape index (κ1) is 23.9. The fourth-order valence-corrected chi connectivity index (χ4v) is 4.85. The van der Waals surface area contributed by atoms with Gasteiger partial charge >= 0.3 is 0 Å². The van der Waals surface area contributed by atoms with E-state index in [0.29, 0.717) is 35.3 Å². The molecule has 36 heavy (non-hydrogen) atoms. The number of furan rings is 1. The summed E-state index contributed by atoms with van der Waals surface area (Å²) in [6, 6.07) is 22.6. The predicted octanol–water partition coefficient (Wildman–Crippen LogP) is 6.28. The fourth-order valence-electron chi connectivity index (χ4n) is 4.03. The van der Waals surface area contributed by atoms with Gasteiger partial charge in [0.25, 0.3) is 5.91 Å². The highest BCUT2D eigenvalue weighted by molar-refractivity contribution is 7.12. The molecule has 1 N–H and O–H groups in total. The molecule has 0 spiro atoms. The first-order chi connectivity index (χ1) is 17.5. The normalized spacial score (nSPS) is 13.8. The highest BCUT2D eigenvalue weighted by atomic mass is 35.5. The van der Waals surface area contributed by atoms with E-state index < -0.39 is 0 Å². The van der Waals surface area contributed by atoms with E-state index in [1.54, 1.807) is 18.2 Å². The Kier molecular flexibility index (Phi) is 7.21. The minimum absolute atomic E-state index is 0.103. The number of benzene rings is 2. The van der Waals surface area contributed by atoms with Crippen molar-refractivity contribution < 1.29 is 14.0 Å². The number of piperazine rings is 1. The summed E-state index contributed by atoms with van der Waals surface area (Å²) in [7, 11) is 0. The molecule has 182 valence electrons. The minimum atomic E-state index is -0.243. The first-order valence-corrected chi connectivity index (χ1v) is 12.8. The molecular weight excluding hydrogens is 494 g/mol. The molecule has 1 aliphatic heterocycles. The fraction of sp³-hybridized carbons (Fsp3) is 0.143. The standard InChI is InChI=1S/C28H24ClN3O3S/c29-21-5-3-20(4-6-21)25-13-11-24(35-25)12-14-27(33)30-22-7-9-23(10-8-22)31-15-17-32(18-16-31)28(34)26-2-1-19-36-26/h1-14,19H,15-18H2,(H,30,33). The highest BCUT2D eigenvalue weighted by Gasteiger charge is 2.22. The summed E-state index contributed by atoms with van der Waals surface area (Å²) >= 11 is 7.41. The summed E-state index contributed by atoms with van der Waals surface area (Å²) in [5.41, 5.74) is 2.69. The van der Waals surface area contributed by atoms with Crippen LogP contribution in [0.1, 0.15) is 15.4 Å². The van der Waals surface area contributed by atoms with Crippen LogP contribution in [0.4, 0.5) is 11.4 Å². The van der Waals surface area contributed by atoms with E-state index in [0.717, 1.165) is 29.2 Å². The number of hydrogen-bond donors (Lipinski definition) is 1. The van der Waals surface area contributed by atoms with Gasteiger partial charge in [0.2, 0.25) is 5.91 Å². The number of nitrogens with zero attached hydrogens (tertiary/aromatic N) is 2. The molecule has 1 saturated heterocycles. The molecule has 1 aliphatic rings. The Labute approximate surface area is 218 Å². The van der Waals surface area contributed by atoms with Gasteiger partial charge in [-0.05, 0) is 78.2 Å². The summed E-state index contributed by atoms with van der Waals surface area (Å²) in [5.74, 6) is 1.15. The average molecular weight is 518 g/mol. The maximum Gasteiger partial charge on any atom is 0.264 e. The van der Waals surface area contributed by atoms with Crippen LogP contribution >= 0.6 is 22.9 Å². The summed E-state index contributed by atoms with van der Waals surface area (Å²) in [6.45, 7) is 2.92. The Morgan fingerprint density at radius 1 is 0.917 bits per heavy atom. The second-order valence-corrected chi connectivity index (χ2v) is 9.72. The van der Waals surface area contributed by atoms with E-state index in [9.17, 15) is 9.59 Å². The van der Waals surface area contributed by atoms with Crippen molar-refractivity contribution in [2.75, 3.05) is 36.4 Å². The maximum absolute atomic E-state index is 12.5. The Balaban J connectivity index is 1.12. The van der Waals surface area contributed by atoms with Crippen LogP contribution in [0.5, 0.6) is 0 Å². The Morgan fingerprint density at radius 2 is 1.67 bits per heavy atom. The van der Waals surface area contributed by atoms with Gasteiger partial charge in [-0.1, -0.05) is 17.7 Å². The molecule has 4 aromatic rings. The molecule has 1 fully saturated rings. The van der Waals surface area contributed by atoms with Crippen LogP contribution in [0, 0.1) is 0 Å². The number of anilines is 2. The zero-order valence-electron chi connectivity index (χ0n) is 19.4. The maximum atomic E-state index is 12.5. The molecule has 0 radical (unpaired) electrons. The van der Waals surface area contributed by atoms with Crippen molar-refractivity contribution in [1.29, 1.82) is 0 Å². The van der Waals surface area contributed by atoms with Crippen LogP contribution < -0.4 is 10.2 Å². The molecule has 2 aromatic heterocycles. The van der Waals surface area contributed by atoms with Crippen LogP contribution in [0.15, 0.2) is 88.7 Å². The summed E-state index contributed by atoms with van der Waals surface area (Å²) in [4.78, 5) is 29.9. The molecule has 0 bridgehead atoms. The second kappa shape index (κ2) is 10.8. The highest BCUT2D eigenvalue weighted by Crippen LogP contribution is 2.25. The topological polar surface area (TPSA) is 65.8 Å². The van der Waals surface area contributed by atoms with Gasteiger partial charge in [0, 0.05) is 54.2 Å². The van der Waals surface area contributed by atoms with Gasteiger partial charge in [0.1, 0.15) is 11.5 Å². The molecule has 0 aliphatic carbocycles. The first-order valence-electron chi connectivity index (χ1n) is 11.6. The molecule has 0 saturated carbocycles. The molecule has 8 heteroatoms. The van der Waals surface area contributed by atoms with Gasteiger partial charge in [-0.3, -0.25) is 9.59 Å². The number of nitrogens with one attached hydrogen (secondary N) is 1. The number of hydrogen-bond acceptors (Lipinski definition) is 5. The molecule has 0 atom stereocenters. The third kappa shape index (κ3) is 5.70. The van der Waals surface area contributed by atoms with E-state index in [2.05, 4.69) is 10.2 Å². The molecule has 6 nitrogen and oxygen atoms in total. The number of thiophene rings is 1. The van der Waals surface area contributed by atoms with Crippen LogP contribution in [-0.2, 0) is 4.79 Å². The predicted molar refractivity (Wildman–Crippen MR) is 146 cm³/mol. The molecule has 3 heterocycles. The zero-order chi connectivity index (χ0) is 24.9. The van der Waals surface area contributed by atoms with E-state index in [-0.39, 0.29) is 11.8 Å². The van der Waals surface area contributed by atoms with Crippen LogP contribution in [0.2, 0.25) is 5.02 Å². The largest absolute Gasteiger partial charge is 0.457 e. The minimum Gasteiger partial charge on any atom is -0.457 e. The van der Waals surface area contributed by atoms with Gasteiger partial charge in [-0.2, -0.15) is 0 Å². The monoisotopic (exact) mass is 517 g/mol. The number of rotatable bonds is 6.